The standard InChI is InChI=1S/C29H38ClN5O5/c1-18(2)14-25(19(3)40-5)31-16-27(37)34(4)23-12-10-21(11-13-23)32-28(38)26-15-24(36)17-35(26)29(39)33-22-8-6-20(30)7-9-22/h6-13,18,24-26,31,36H,3,14-17H2,1-2,4-5H3,(H,32,38)(H,33,39)/t24-,25?,26-/m1/s1. The van der Waals surface area contributed by atoms with Crippen LogP contribution in [0.3, 0.4) is 0 Å². The number of likely N-dealkylation sites (N-methyl/N-ethyl adjacent to an activating group) is 1. The molecule has 40 heavy (non-hydrogen) atoms. The van der Waals surface area contributed by atoms with Crippen molar-refractivity contribution in [1.29, 1.82) is 0 Å². The number of carbonyl (C=O) groups excluding carboxylic acids is 3. The molecule has 3 atom stereocenters. The minimum atomic E-state index is -0.849. The van der Waals surface area contributed by atoms with Gasteiger partial charge in [-0.25, -0.2) is 4.79 Å². The maximum absolute atomic E-state index is 13.1. The van der Waals surface area contributed by atoms with Gasteiger partial charge in [0.25, 0.3) is 0 Å². The summed E-state index contributed by atoms with van der Waals surface area (Å²) < 4.78 is 5.27. The second-order valence-corrected chi connectivity index (χ2v) is 10.7. The molecule has 0 aromatic heterocycles. The van der Waals surface area contributed by atoms with E-state index in [9.17, 15) is 19.5 Å². The van der Waals surface area contributed by atoms with Gasteiger partial charge in [0.2, 0.25) is 11.8 Å². The molecule has 1 unspecified atom stereocenters. The fourth-order valence-electron chi connectivity index (χ4n) is 4.42. The number of hydrogen-bond donors (Lipinski definition) is 4. The molecule has 216 valence electrons. The van der Waals surface area contributed by atoms with Gasteiger partial charge < -0.3 is 30.3 Å². The van der Waals surface area contributed by atoms with Gasteiger partial charge in [0.15, 0.2) is 0 Å². The fourth-order valence-corrected chi connectivity index (χ4v) is 4.55. The number of rotatable bonds is 11. The van der Waals surface area contributed by atoms with Gasteiger partial charge in [0.05, 0.1) is 25.8 Å². The summed E-state index contributed by atoms with van der Waals surface area (Å²) in [7, 11) is 3.24. The zero-order valence-electron chi connectivity index (χ0n) is 23.3. The first kappa shape index (κ1) is 30.9. The van der Waals surface area contributed by atoms with E-state index in [1.54, 1.807) is 62.7 Å². The van der Waals surface area contributed by atoms with E-state index in [0.29, 0.717) is 33.8 Å². The van der Waals surface area contributed by atoms with Crippen LogP contribution in [0.15, 0.2) is 60.9 Å². The summed E-state index contributed by atoms with van der Waals surface area (Å²) >= 11 is 5.90. The molecule has 0 aliphatic carbocycles. The SMILES string of the molecule is C=C(OC)C(CC(C)C)NCC(=O)N(C)c1ccc(NC(=O)[C@H]2C[C@@H](O)CN2C(=O)Nc2ccc(Cl)cc2)cc1. The van der Waals surface area contributed by atoms with Crippen LogP contribution in [0.5, 0.6) is 0 Å². The second-order valence-electron chi connectivity index (χ2n) is 10.2. The van der Waals surface area contributed by atoms with Gasteiger partial charge in [0, 0.05) is 42.1 Å². The third-order valence-electron chi connectivity index (χ3n) is 6.69. The molecule has 0 bridgehead atoms. The van der Waals surface area contributed by atoms with Crippen molar-refractivity contribution in [3.63, 3.8) is 0 Å². The van der Waals surface area contributed by atoms with Crippen LogP contribution < -0.4 is 20.9 Å². The predicted molar refractivity (Wildman–Crippen MR) is 157 cm³/mol. The Morgan fingerprint density at radius 1 is 1.10 bits per heavy atom. The van der Waals surface area contributed by atoms with Crippen molar-refractivity contribution < 1.29 is 24.2 Å². The molecule has 3 rings (SSSR count). The topological polar surface area (TPSA) is 123 Å². The summed E-state index contributed by atoms with van der Waals surface area (Å²) in [6.07, 6.45) is 0.0924. The summed E-state index contributed by atoms with van der Waals surface area (Å²) in [6, 6.07) is 11.9. The Morgan fingerprint density at radius 3 is 2.30 bits per heavy atom. The largest absolute Gasteiger partial charge is 0.500 e. The molecule has 4 amide bonds. The molecule has 1 aliphatic heterocycles. The number of halogens is 1. The Hall–Kier alpha value is -3.60. The number of ether oxygens (including phenoxy) is 1. The highest BCUT2D eigenvalue weighted by Gasteiger charge is 2.39. The molecular formula is C29H38ClN5O5. The average molecular weight is 572 g/mol. The first-order valence-electron chi connectivity index (χ1n) is 13.1. The first-order valence-corrected chi connectivity index (χ1v) is 13.5. The van der Waals surface area contributed by atoms with Crippen LogP contribution in [0, 0.1) is 5.92 Å². The number of benzene rings is 2. The molecule has 10 nitrogen and oxygen atoms in total. The van der Waals surface area contributed by atoms with Crippen LogP contribution in [0.2, 0.25) is 5.02 Å². The van der Waals surface area contributed by atoms with E-state index in [1.807, 2.05) is 0 Å². The number of carbonyl (C=O) groups is 3. The van der Waals surface area contributed by atoms with Crippen molar-refractivity contribution in [1.82, 2.24) is 10.2 Å². The van der Waals surface area contributed by atoms with Crippen LogP contribution in [0.4, 0.5) is 21.9 Å². The van der Waals surface area contributed by atoms with Crippen LogP contribution in [0.25, 0.3) is 0 Å². The van der Waals surface area contributed by atoms with Crippen molar-refractivity contribution >= 4 is 46.5 Å². The zero-order chi connectivity index (χ0) is 29.4. The Kier molecular flexibility index (Phi) is 10.9. The third-order valence-corrected chi connectivity index (χ3v) is 6.94. The summed E-state index contributed by atoms with van der Waals surface area (Å²) in [5, 5.41) is 19.5. The molecule has 11 heteroatoms. The second kappa shape index (κ2) is 14.2. The number of aliphatic hydroxyl groups is 1. The quantitative estimate of drug-likeness (QED) is 0.302. The monoisotopic (exact) mass is 571 g/mol. The number of amides is 4. The van der Waals surface area contributed by atoms with Gasteiger partial charge in [-0.15, -0.1) is 0 Å². The normalized spacial score (nSPS) is 17.3. The average Bonchev–Trinajstić information content (AvgIpc) is 3.33. The molecular weight excluding hydrogens is 534 g/mol. The number of methoxy groups -OCH3 is 1. The number of β-amino-alcohol motifs (C(OH)–C–C–N with tert-alkyl or cyclic N) is 1. The third kappa shape index (κ3) is 8.45. The lowest BCUT2D eigenvalue weighted by molar-refractivity contribution is -0.119. The van der Waals surface area contributed by atoms with E-state index < -0.39 is 24.1 Å². The molecule has 1 fully saturated rings. The Balaban J connectivity index is 1.58. The molecule has 2 aromatic carbocycles. The Labute approximate surface area is 240 Å². The minimum absolute atomic E-state index is 0.0349. The summed E-state index contributed by atoms with van der Waals surface area (Å²) in [6.45, 7) is 8.24. The molecule has 0 spiro atoms. The van der Waals surface area contributed by atoms with E-state index in [2.05, 4.69) is 36.4 Å². The molecule has 2 aromatic rings. The van der Waals surface area contributed by atoms with Crippen molar-refractivity contribution in [3.8, 4) is 0 Å². The van der Waals surface area contributed by atoms with Crippen LogP contribution in [-0.2, 0) is 14.3 Å². The van der Waals surface area contributed by atoms with E-state index in [1.165, 1.54) is 9.80 Å². The fraction of sp³-hybridized carbons (Fsp3) is 0.414. The predicted octanol–water partition coefficient (Wildman–Crippen LogP) is 4.07. The van der Waals surface area contributed by atoms with Crippen LogP contribution in [-0.4, -0.2) is 73.3 Å². The molecule has 1 aliphatic rings. The number of nitrogens with zero attached hydrogens (tertiary/aromatic N) is 2. The highest BCUT2D eigenvalue weighted by Crippen LogP contribution is 2.23. The molecule has 1 saturated heterocycles. The minimum Gasteiger partial charge on any atom is -0.500 e. The lowest BCUT2D eigenvalue weighted by Crippen LogP contribution is -2.45. The van der Waals surface area contributed by atoms with E-state index in [4.69, 9.17) is 16.3 Å². The number of urea groups is 1. The molecule has 1 heterocycles. The van der Waals surface area contributed by atoms with Crippen molar-refractivity contribution in [2.75, 3.05) is 42.8 Å². The van der Waals surface area contributed by atoms with E-state index in [-0.39, 0.29) is 31.5 Å². The maximum Gasteiger partial charge on any atom is 0.322 e. The zero-order valence-corrected chi connectivity index (χ0v) is 24.1. The first-order chi connectivity index (χ1) is 19.0. The van der Waals surface area contributed by atoms with Crippen LogP contribution in [0.1, 0.15) is 26.7 Å². The van der Waals surface area contributed by atoms with Gasteiger partial charge in [0.1, 0.15) is 11.8 Å². The Bertz CT molecular complexity index is 1190. The number of aliphatic hydroxyl groups excluding tert-OH is 1. The van der Waals surface area contributed by atoms with Crippen LogP contribution >= 0.6 is 11.6 Å². The summed E-state index contributed by atoms with van der Waals surface area (Å²) in [5.74, 6) is 0.424. The smallest absolute Gasteiger partial charge is 0.322 e. The number of anilines is 3. The van der Waals surface area contributed by atoms with Crippen molar-refractivity contribution in [2.24, 2.45) is 5.92 Å². The highest BCUT2D eigenvalue weighted by molar-refractivity contribution is 6.30. The van der Waals surface area contributed by atoms with E-state index in [0.717, 1.165) is 6.42 Å². The number of likely N-dealkylation sites (tertiary alicyclic amines) is 1. The lowest BCUT2D eigenvalue weighted by atomic mass is 10.0. The van der Waals surface area contributed by atoms with Gasteiger partial charge in [-0.05, 0) is 60.9 Å². The van der Waals surface area contributed by atoms with Crippen molar-refractivity contribution in [2.45, 2.75) is 44.9 Å². The van der Waals surface area contributed by atoms with Gasteiger partial charge in [-0.1, -0.05) is 32.0 Å². The molecule has 0 saturated carbocycles. The lowest BCUT2D eigenvalue weighted by Gasteiger charge is -2.24. The van der Waals surface area contributed by atoms with E-state index >= 15 is 0 Å². The molecule has 0 radical (unpaired) electrons. The van der Waals surface area contributed by atoms with Crippen molar-refractivity contribution in [3.05, 3.63) is 65.9 Å². The molecule has 4 N–H and O–H groups in total. The maximum atomic E-state index is 13.1. The van der Waals surface area contributed by atoms with Gasteiger partial charge in [-0.2, -0.15) is 0 Å². The van der Waals surface area contributed by atoms with Gasteiger partial charge in [-0.3, -0.25) is 14.9 Å². The summed E-state index contributed by atoms with van der Waals surface area (Å²) in [4.78, 5) is 41.5. The Morgan fingerprint density at radius 2 is 1.70 bits per heavy atom. The number of hydrogen-bond acceptors (Lipinski definition) is 6. The van der Waals surface area contributed by atoms with Gasteiger partial charge >= 0.3 is 6.03 Å². The highest BCUT2D eigenvalue weighted by atomic mass is 35.5. The number of nitrogens with one attached hydrogen (secondary N) is 3. The summed E-state index contributed by atoms with van der Waals surface area (Å²) in [5.41, 5.74) is 1.68.